The molecule has 0 unspecified atom stereocenters. The molecule has 2 rings (SSSR count). The molecule has 0 radical (unpaired) electrons. The van der Waals surface area contributed by atoms with Gasteiger partial charge in [0.1, 0.15) is 30.3 Å². The van der Waals surface area contributed by atoms with E-state index in [1.165, 1.54) is 0 Å². The van der Waals surface area contributed by atoms with Gasteiger partial charge in [0.15, 0.2) is 0 Å². The molecule has 0 bridgehead atoms. The molecule has 0 aliphatic carbocycles. The van der Waals surface area contributed by atoms with Gasteiger partial charge in [-0.25, -0.2) is 14.6 Å². The minimum absolute atomic E-state index is 0.0261. The highest BCUT2D eigenvalue weighted by molar-refractivity contribution is 5.94. The van der Waals surface area contributed by atoms with Crippen LogP contribution in [0.25, 0.3) is 0 Å². The maximum atomic E-state index is 13.8. The maximum Gasteiger partial charge on any atom is 0.429 e. The van der Waals surface area contributed by atoms with E-state index >= 15 is 0 Å². The number of hydrogen-bond acceptors (Lipinski definition) is 8. The Labute approximate surface area is 294 Å². The van der Waals surface area contributed by atoms with Crippen molar-refractivity contribution in [2.24, 2.45) is 17.6 Å². The number of nitrogens with one attached hydrogen (secondary N) is 4. The number of rotatable bonds is 16. The summed E-state index contributed by atoms with van der Waals surface area (Å²) in [5.74, 6) is -3.14. The molecule has 0 aliphatic heterocycles. The zero-order chi connectivity index (χ0) is 37.4. The third-order valence-corrected chi connectivity index (χ3v) is 7.13. The summed E-state index contributed by atoms with van der Waals surface area (Å²) in [6.07, 6.45) is -1.74. The van der Waals surface area contributed by atoms with Gasteiger partial charge in [0.05, 0.1) is 6.54 Å². The van der Waals surface area contributed by atoms with Gasteiger partial charge in [0.2, 0.25) is 17.7 Å². The van der Waals surface area contributed by atoms with Gasteiger partial charge in [-0.15, -0.1) is 0 Å². The van der Waals surface area contributed by atoms with E-state index in [0.29, 0.717) is 11.1 Å². The highest BCUT2D eigenvalue weighted by atomic mass is 16.6. The van der Waals surface area contributed by atoms with Crippen LogP contribution in [0.2, 0.25) is 0 Å². The third-order valence-electron chi connectivity index (χ3n) is 7.13. The molecule has 0 heterocycles. The Balaban J connectivity index is 2.30. The average Bonchev–Trinajstić information content (AvgIpc) is 3.03. The number of carbonyl (C=O) groups is 6. The fraction of sp³-hybridized carbons (Fsp3) is 0.500. The first kappa shape index (κ1) is 41.0. The summed E-state index contributed by atoms with van der Waals surface area (Å²) in [5, 5.41) is 8.90. The molecular weight excluding hydrogens is 644 g/mol. The second kappa shape index (κ2) is 19.8. The van der Waals surface area contributed by atoms with Crippen LogP contribution < -0.4 is 27.1 Å². The van der Waals surface area contributed by atoms with Crippen molar-refractivity contribution in [3.63, 3.8) is 0 Å². The van der Waals surface area contributed by atoms with Gasteiger partial charge >= 0.3 is 12.2 Å². The van der Waals surface area contributed by atoms with Crippen molar-refractivity contribution in [1.29, 1.82) is 0 Å². The SMILES string of the molecule is CC(C)C[C@H](NC(=O)[C@@H](NC(=O)OC(C)(C)C)C(C)C)C(=O)N[C@@H](Cc1ccccc1)C(=O)NN(CCC(N)=O)C(=O)OCc1ccccc1. The molecule has 2 aromatic rings. The lowest BCUT2D eigenvalue weighted by atomic mass is 9.99. The summed E-state index contributed by atoms with van der Waals surface area (Å²) < 4.78 is 10.7. The van der Waals surface area contributed by atoms with E-state index in [1.807, 2.05) is 19.9 Å². The molecule has 6 N–H and O–H groups in total. The van der Waals surface area contributed by atoms with Crippen LogP contribution in [0, 0.1) is 11.8 Å². The molecule has 3 atom stereocenters. The molecule has 14 heteroatoms. The molecule has 2 aromatic carbocycles. The minimum atomic E-state index is -1.23. The highest BCUT2D eigenvalue weighted by Gasteiger charge is 2.33. The summed E-state index contributed by atoms with van der Waals surface area (Å²) in [6.45, 7) is 12.0. The van der Waals surface area contributed by atoms with Crippen molar-refractivity contribution in [2.45, 2.75) is 98.1 Å². The van der Waals surface area contributed by atoms with E-state index in [9.17, 15) is 28.8 Å². The summed E-state index contributed by atoms with van der Waals surface area (Å²) in [4.78, 5) is 78.2. The number of nitrogens with two attached hydrogens (primary N) is 1. The standard InChI is InChI=1S/C36H52N6O8/c1-23(2)20-27(39-33(46)30(24(3)4)40-34(47)50-36(5,6)7)31(44)38-28(21-25-14-10-8-11-15-25)32(45)41-42(19-18-29(37)43)35(48)49-22-26-16-12-9-13-17-26/h8-17,23-24,27-28,30H,18-22H2,1-7H3,(H2,37,43)(H,38,44)(H,39,46)(H,40,47)(H,41,45)/t27-,28-,30-/m0/s1. The Morgan fingerprint density at radius 1 is 0.760 bits per heavy atom. The average molecular weight is 697 g/mol. The summed E-state index contributed by atoms with van der Waals surface area (Å²) >= 11 is 0. The zero-order valence-electron chi connectivity index (χ0n) is 30.0. The van der Waals surface area contributed by atoms with Crippen molar-refractivity contribution in [2.75, 3.05) is 6.54 Å². The molecular formula is C36H52N6O8. The molecule has 0 fully saturated rings. The smallest absolute Gasteiger partial charge is 0.429 e. The van der Waals surface area contributed by atoms with Crippen LogP contribution in [0.15, 0.2) is 60.7 Å². The first-order valence-electron chi connectivity index (χ1n) is 16.7. The van der Waals surface area contributed by atoms with E-state index in [1.54, 1.807) is 89.2 Å². The first-order valence-corrected chi connectivity index (χ1v) is 16.7. The van der Waals surface area contributed by atoms with Gasteiger partial charge < -0.3 is 31.2 Å². The zero-order valence-corrected chi connectivity index (χ0v) is 30.0. The van der Waals surface area contributed by atoms with E-state index in [4.69, 9.17) is 15.2 Å². The topological polar surface area (TPSA) is 198 Å². The lowest BCUT2D eigenvalue weighted by Gasteiger charge is -2.29. The molecule has 0 saturated heterocycles. The van der Waals surface area contributed by atoms with Gasteiger partial charge in [-0.3, -0.25) is 24.6 Å². The number of nitrogens with zero attached hydrogens (tertiary/aromatic N) is 1. The Bertz CT molecular complexity index is 1430. The van der Waals surface area contributed by atoms with Crippen LogP contribution >= 0.6 is 0 Å². The molecule has 50 heavy (non-hydrogen) atoms. The Kier molecular flexibility index (Phi) is 16.2. The van der Waals surface area contributed by atoms with Crippen LogP contribution in [0.4, 0.5) is 9.59 Å². The van der Waals surface area contributed by atoms with Crippen molar-refractivity contribution in [1.82, 2.24) is 26.4 Å². The molecule has 0 aliphatic rings. The number of primary amides is 1. The molecule has 0 aromatic heterocycles. The van der Waals surface area contributed by atoms with Crippen molar-refractivity contribution in [3.05, 3.63) is 71.8 Å². The van der Waals surface area contributed by atoms with E-state index in [-0.39, 0.29) is 44.2 Å². The highest BCUT2D eigenvalue weighted by Crippen LogP contribution is 2.12. The molecule has 14 nitrogen and oxygen atoms in total. The quantitative estimate of drug-likeness (QED) is 0.165. The van der Waals surface area contributed by atoms with Gasteiger partial charge in [-0.1, -0.05) is 88.4 Å². The van der Waals surface area contributed by atoms with Crippen molar-refractivity contribution >= 4 is 35.8 Å². The second-order valence-corrected chi connectivity index (χ2v) is 13.7. The number of ether oxygens (including phenoxy) is 2. The van der Waals surface area contributed by atoms with Crippen LogP contribution in [-0.4, -0.2) is 71.1 Å². The van der Waals surface area contributed by atoms with Gasteiger partial charge in [-0.2, -0.15) is 0 Å². The predicted octanol–water partition coefficient (Wildman–Crippen LogP) is 3.34. The van der Waals surface area contributed by atoms with Crippen molar-refractivity contribution < 1.29 is 38.2 Å². The lowest BCUT2D eigenvalue weighted by molar-refractivity contribution is -0.134. The first-order chi connectivity index (χ1) is 23.4. The number of hydrogen-bond donors (Lipinski definition) is 5. The molecule has 0 saturated carbocycles. The van der Waals surface area contributed by atoms with Crippen LogP contribution in [0.1, 0.15) is 72.4 Å². The largest absolute Gasteiger partial charge is 0.444 e. The van der Waals surface area contributed by atoms with Crippen LogP contribution in [-0.2, 0) is 41.7 Å². The predicted molar refractivity (Wildman–Crippen MR) is 187 cm³/mol. The maximum absolute atomic E-state index is 13.8. The van der Waals surface area contributed by atoms with Gasteiger partial charge in [0.25, 0.3) is 5.91 Å². The minimum Gasteiger partial charge on any atom is -0.444 e. The molecule has 274 valence electrons. The Morgan fingerprint density at radius 3 is 1.84 bits per heavy atom. The van der Waals surface area contributed by atoms with E-state index in [2.05, 4.69) is 21.4 Å². The number of alkyl carbamates (subject to hydrolysis) is 1. The number of hydrazine groups is 1. The van der Waals surface area contributed by atoms with Crippen LogP contribution in [0.3, 0.4) is 0 Å². The lowest BCUT2D eigenvalue weighted by Crippen LogP contribution is -2.60. The summed E-state index contributed by atoms with van der Waals surface area (Å²) in [6, 6.07) is 14.5. The molecule has 0 spiro atoms. The molecule has 6 amide bonds. The monoisotopic (exact) mass is 696 g/mol. The number of benzene rings is 2. The Morgan fingerprint density at radius 2 is 1.32 bits per heavy atom. The Hall–Kier alpha value is -5.14. The number of amides is 6. The summed E-state index contributed by atoms with van der Waals surface area (Å²) in [7, 11) is 0. The summed E-state index contributed by atoms with van der Waals surface area (Å²) in [5.41, 5.74) is 8.41. The normalized spacial score (nSPS) is 13.0. The van der Waals surface area contributed by atoms with E-state index < -0.39 is 59.5 Å². The van der Waals surface area contributed by atoms with Gasteiger partial charge in [-0.05, 0) is 50.2 Å². The van der Waals surface area contributed by atoms with E-state index in [0.717, 1.165) is 5.01 Å². The third kappa shape index (κ3) is 15.4. The number of carbonyl (C=O) groups excluding carboxylic acids is 6. The fourth-order valence-corrected chi connectivity index (χ4v) is 4.69. The van der Waals surface area contributed by atoms with Gasteiger partial charge in [0, 0.05) is 12.8 Å². The van der Waals surface area contributed by atoms with Crippen molar-refractivity contribution in [3.8, 4) is 0 Å². The second-order valence-electron chi connectivity index (χ2n) is 13.7. The fourth-order valence-electron chi connectivity index (χ4n) is 4.69. The van der Waals surface area contributed by atoms with Crippen LogP contribution in [0.5, 0.6) is 0 Å².